The molecular weight excluding hydrogens is 1440 g/mol. The second-order valence-electron chi connectivity index (χ2n) is 31.7. The van der Waals surface area contributed by atoms with Gasteiger partial charge in [-0.25, -0.2) is 15.0 Å². The van der Waals surface area contributed by atoms with E-state index >= 15 is 0 Å². The molecule has 7 heterocycles. The lowest BCUT2D eigenvalue weighted by atomic mass is 9.73. The molecule has 8 heteroatoms. The largest absolute Gasteiger partial charge is 0.459 e. The van der Waals surface area contributed by atoms with Gasteiger partial charge in [-0.15, -0.1) is 0 Å². The molecule has 546 valence electrons. The minimum absolute atomic E-state index is 0.510. The molecule has 6 aliphatic rings. The van der Waals surface area contributed by atoms with Gasteiger partial charge in [-0.2, -0.15) is 0 Å². The third-order valence-electron chi connectivity index (χ3n) is 26.1. The highest BCUT2D eigenvalue weighted by molar-refractivity contribution is 6.11. The van der Waals surface area contributed by atoms with Crippen LogP contribution in [0.4, 0.5) is 0 Å². The fraction of sp³-hybridized carbons (Fsp3) is 0.0273. The van der Waals surface area contributed by atoms with Gasteiger partial charge in [0, 0.05) is 77.5 Å². The van der Waals surface area contributed by atoms with Crippen LogP contribution in [-0.2, 0) is 16.2 Å². The zero-order chi connectivity index (χ0) is 77.1. The number of nitrogens with zero attached hydrogens (tertiary/aromatic N) is 5. The van der Waals surface area contributed by atoms with Gasteiger partial charge in [0.2, 0.25) is 0 Å². The van der Waals surface area contributed by atoms with Crippen molar-refractivity contribution in [2.24, 2.45) is 0 Å². The van der Waals surface area contributed by atoms with E-state index in [2.05, 4.69) is 339 Å². The Morgan fingerprint density at radius 1 is 0.212 bits per heavy atom. The lowest BCUT2D eigenvalue weighted by Gasteiger charge is -2.28. The quantitative estimate of drug-likeness (QED) is 0.161. The lowest BCUT2D eigenvalue weighted by Crippen LogP contribution is -2.25. The van der Waals surface area contributed by atoms with Crippen LogP contribution in [0.1, 0.15) is 67.4 Å². The van der Waals surface area contributed by atoms with Gasteiger partial charge in [-0.05, 0) is 155 Å². The van der Waals surface area contributed by atoms with Crippen LogP contribution in [0.15, 0.2) is 396 Å². The molecule has 2 atom stereocenters. The number of rotatable bonds is 3. The summed E-state index contributed by atoms with van der Waals surface area (Å²) in [6, 6.07) is 132. The molecular formula is C110H63N5O3. The van der Waals surface area contributed by atoms with Gasteiger partial charge in [0.05, 0.1) is 50.9 Å². The van der Waals surface area contributed by atoms with E-state index in [9.17, 15) is 0 Å². The van der Waals surface area contributed by atoms with Crippen LogP contribution in [-0.4, -0.2) is 24.9 Å². The van der Waals surface area contributed by atoms with E-state index < -0.39 is 16.2 Å². The molecule has 0 fully saturated rings. The first-order valence-corrected chi connectivity index (χ1v) is 40.3. The van der Waals surface area contributed by atoms with Gasteiger partial charge >= 0.3 is 0 Å². The number of hydrogen-bond acceptors (Lipinski definition) is 8. The summed E-state index contributed by atoms with van der Waals surface area (Å²) in [6.07, 6.45) is 3.75. The summed E-state index contributed by atoms with van der Waals surface area (Å²) in [6.45, 7) is 0. The van der Waals surface area contributed by atoms with Gasteiger partial charge in [0.1, 0.15) is 50.3 Å². The Kier molecular flexibility index (Phi) is 13.4. The Bertz CT molecular complexity index is 8100. The zero-order valence-electron chi connectivity index (χ0n) is 63.3. The highest BCUT2D eigenvalue weighted by Crippen LogP contribution is 2.69. The van der Waals surface area contributed by atoms with Crippen LogP contribution < -0.4 is 0 Å². The molecule has 3 spiro atoms. The molecule has 22 aromatic rings. The molecule has 118 heavy (non-hydrogen) atoms. The average molecular weight is 1500 g/mol. The summed E-state index contributed by atoms with van der Waals surface area (Å²) >= 11 is 0. The minimum Gasteiger partial charge on any atom is -0.459 e. The Morgan fingerprint density at radius 3 is 1.19 bits per heavy atom. The molecule has 6 aliphatic carbocycles. The predicted octanol–water partition coefficient (Wildman–Crippen LogP) is 26.9. The first-order chi connectivity index (χ1) is 58.5. The van der Waals surface area contributed by atoms with Crippen molar-refractivity contribution in [3.05, 3.63) is 450 Å². The van der Waals surface area contributed by atoms with Crippen LogP contribution in [0.5, 0.6) is 0 Å². The van der Waals surface area contributed by atoms with Crippen molar-refractivity contribution in [2.45, 2.75) is 16.2 Å². The first kappa shape index (κ1) is 64.9. The maximum atomic E-state index is 6.89. The SMILES string of the molecule is c1ccc2c(c1)-c1c(-c3cnc4ccccc4n3)cccc1C21c2ccccc2-c2c1oc1ccccc21.c1ccc2c(c1)-c1ccc(-c3ccc4ccc5cccnc5c4n3)cc1C21c2ccccc2-c2c1oc1ccccc21.c1ccc2c(c1)-c1ccccc1C21c2cccc(-c3ccc4ccccc4n3)c2-c2c1oc1ccccc21. The first-order valence-electron chi connectivity index (χ1n) is 40.3. The van der Waals surface area contributed by atoms with Crippen molar-refractivity contribution in [2.75, 3.05) is 0 Å². The molecule has 0 bridgehead atoms. The second-order valence-corrected chi connectivity index (χ2v) is 31.7. The van der Waals surface area contributed by atoms with Crippen molar-refractivity contribution in [1.82, 2.24) is 24.9 Å². The van der Waals surface area contributed by atoms with E-state index in [1.54, 1.807) is 0 Å². The van der Waals surface area contributed by atoms with Gasteiger partial charge in [-0.3, -0.25) is 9.97 Å². The summed E-state index contributed by atoms with van der Waals surface area (Å²) in [5.41, 5.74) is 38.1. The smallest absolute Gasteiger partial charge is 0.135 e. The van der Waals surface area contributed by atoms with E-state index in [1.807, 2.05) is 48.8 Å². The molecule has 0 saturated carbocycles. The van der Waals surface area contributed by atoms with Crippen molar-refractivity contribution >= 4 is 76.6 Å². The predicted molar refractivity (Wildman–Crippen MR) is 473 cm³/mol. The number of para-hydroxylation sites is 6. The molecule has 0 radical (unpaired) electrons. The van der Waals surface area contributed by atoms with Gasteiger partial charge < -0.3 is 13.3 Å². The molecule has 8 nitrogen and oxygen atoms in total. The standard InChI is InChI=1S/C39H22N2O.C36H21NO.C35H20N2O/c1-4-12-30-26(9-1)27-19-17-25(33-20-18-24-16-15-23-8-7-21-40-36(23)37(24)41-33)22-32(27)39(30)31-13-5-2-10-28(31)35-29-11-3-6-14-34(29)42-38(35)39;1-7-18-30-22(10-1)20-21-31(37-30)25-14-9-17-29-33(25)34-26-13-4-8-19-32(26)38-35(34)36(29)27-15-5-2-11-23(27)24-12-3-6-16-28(24)36;1-4-14-25-21(10-1)32-23(30-20-36-28-17-6-7-18-29(28)37-30)13-9-16-27(32)35(25)26-15-5-2-11-22(26)33-24-12-3-8-19-31(24)38-34(33)35/h1-22H;1-21H;1-20H. The highest BCUT2D eigenvalue weighted by atomic mass is 16.3. The van der Waals surface area contributed by atoms with Gasteiger partial charge in [0.25, 0.3) is 0 Å². The van der Waals surface area contributed by atoms with Crippen LogP contribution in [0.3, 0.4) is 0 Å². The van der Waals surface area contributed by atoms with Crippen LogP contribution in [0.2, 0.25) is 0 Å². The molecule has 15 aromatic carbocycles. The fourth-order valence-electron chi connectivity index (χ4n) is 21.5. The van der Waals surface area contributed by atoms with Crippen LogP contribution >= 0.6 is 0 Å². The summed E-state index contributed by atoms with van der Waals surface area (Å²) < 4.78 is 20.6. The Balaban J connectivity index is 0.0000000964. The molecule has 0 saturated heterocycles. The molecule has 7 aromatic heterocycles. The number of furan rings is 3. The number of fused-ring (bicyclic) bond motifs is 41. The normalized spacial score (nSPS) is 15.6. The number of benzene rings is 15. The van der Waals surface area contributed by atoms with Gasteiger partial charge in [-0.1, -0.05) is 309 Å². The number of pyridine rings is 3. The van der Waals surface area contributed by atoms with E-state index in [0.717, 1.165) is 128 Å². The number of hydrogen-bond donors (Lipinski definition) is 0. The summed E-state index contributed by atoms with van der Waals surface area (Å²) in [5.74, 6) is 3.03. The van der Waals surface area contributed by atoms with E-state index in [4.69, 9.17) is 33.2 Å². The monoisotopic (exact) mass is 1500 g/mol. The molecule has 0 amide bonds. The van der Waals surface area contributed by atoms with Crippen LogP contribution in [0.25, 0.3) is 177 Å². The average Bonchev–Trinajstić information content (AvgIpc) is 1.60. The summed E-state index contributed by atoms with van der Waals surface area (Å²) in [5, 5.41) is 6.80. The van der Waals surface area contributed by atoms with Crippen LogP contribution in [0, 0.1) is 0 Å². The van der Waals surface area contributed by atoms with Gasteiger partial charge in [0.15, 0.2) is 0 Å². The maximum Gasteiger partial charge on any atom is 0.135 e. The Hall–Kier alpha value is -15.5. The highest BCUT2D eigenvalue weighted by Gasteiger charge is 2.59. The molecule has 2 unspecified atom stereocenters. The molecule has 28 rings (SSSR count). The van der Waals surface area contributed by atoms with Crippen molar-refractivity contribution in [3.8, 4) is 101 Å². The zero-order valence-corrected chi connectivity index (χ0v) is 63.3. The topological polar surface area (TPSA) is 104 Å². The van der Waals surface area contributed by atoms with Crippen molar-refractivity contribution in [3.63, 3.8) is 0 Å². The summed E-state index contributed by atoms with van der Waals surface area (Å²) in [4.78, 5) is 24.8. The second kappa shape index (κ2) is 24.3. The maximum absolute atomic E-state index is 6.89. The fourth-order valence-corrected chi connectivity index (χ4v) is 21.5. The third-order valence-corrected chi connectivity index (χ3v) is 26.1. The van der Waals surface area contributed by atoms with Crippen molar-refractivity contribution < 1.29 is 13.3 Å². The van der Waals surface area contributed by atoms with E-state index in [0.29, 0.717) is 0 Å². The molecule has 0 N–H and O–H groups in total. The summed E-state index contributed by atoms with van der Waals surface area (Å²) in [7, 11) is 0. The lowest BCUT2D eigenvalue weighted by molar-refractivity contribution is 0.506. The number of aromatic nitrogens is 5. The van der Waals surface area contributed by atoms with Crippen molar-refractivity contribution in [1.29, 1.82) is 0 Å². The Morgan fingerprint density at radius 2 is 0.602 bits per heavy atom. The Labute approximate surface area is 677 Å². The van der Waals surface area contributed by atoms with E-state index in [-0.39, 0.29) is 0 Å². The van der Waals surface area contributed by atoms with E-state index in [1.165, 1.54) is 117 Å². The molecule has 0 aliphatic heterocycles. The minimum atomic E-state index is -0.544. The third kappa shape index (κ3) is 8.53.